The van der Waals surface area contributed by atoms with Crippen molar-refractivity contribution in [2.75, 3.05) is 31.7 Å². The minimum absolute atomic E-state index is 0.480. The third-order valence-electron chi connectivity index (χ3n) is 4.15. The third kappa shape index (κ3) is 3.12. The molecule has 0 aliphatic carbocycles. The Bertz CT molecular complexity index is 824. The van der Waals surface area contributed by atoms with Crippen molar-refractivity contribution in [3.8, 4) is 11.6 Å². The smallest absolute Gasteiger partial charge is 0.232 e. The van der Waals surface area contributed by atoms with Crippen LogP contribution in [0.4, 0.5) is 5.13 Å². The number of ether oxygens (including phenoxy) is 2. The van der Waals surface area contributed by atoms with Crippen LogP contribution >= 0.6 is 11.3 Å². The summed E-state index contributed by atoms with van der Waals surface area (Å²) in [6.07, 6.45) is 6.03. The summed E-state index contributed by atoms with van der Waals surface area (Å²) >= 11 is 1.73. The van der Waals surface area contributed by atoms with Crippen LogP contribution in [0.3, 0.4) is 0 Å². The predicted octanol–water partition coefficient (Wildman–Crippen LogP) is 3.00. The molecule has 2 aromatic heterocycles. The topological polar surface area (TPSA) is 60.4 Å². The molecule has 0 radical (unpaired) electrons. The Morgan fingerprint density at radius 2 is 2.29 bits per heavy atom. The highest BCUT2D eigenvalue weighted by Crippen LogP contribution is 2.33. The van der Waals surface area contributed by atoms with Gasteiger partial charge in [0.2, 0.25) is 5.88 Å². The van der Waals surface area contributed by atoms with E-state index in [0.29, 0.717) is 18.4 Å². The zero-order valence-electron chi connectivity index (χ0n) is 13.4. The van der Waals surface area contributed by atoms with E-state index in [4.69, 9.17) is 14.5 Å². The average molecular weight is 342 g/mol. The molecule has 1 aromatic carbocycles. The molecule has 6 nitrogen and oxygen atoms in total. The fourth-order valence-electron chi connectivity index (χ4n) is 2.86. The van der Waals surface area contributed by atoms with Crippen molar-refractivity contribution in [2.24, 2.45) is 5.92 Å². The van der Waals surface area contributed by atoms with Crippen molar-refractivity contribution in [1.82, 2.24) is 15.0 Å². The summed E-state index contributed by atoms with van der Waals surface area (Å²) in [5, 5.41) is 1.07. The molecule has 0 bridgehead atoms. The maximum atomic E-state index is 5.73. The first kappa shape index (κ1) is 15.1. The van der Waals surface area contributed by atoms with E-state index >= 15 is 0 Å². The number of hydrogen-bond donors (Lipinski definition) is 0. The second-order valence-corrected chi connectivity index (χ2v) is 6.79. The van der Waals surface area contributed by atoms with Crippen molar-refractivity contribution in [3.63, 3.8) is 0 Å². The van der Waals surface area contributed by atoms with E-state index in [0.717, 1.165) is 35.9 Å². The van der Waals surface area contributed by atoms with Gasteiger partial charge in [-0.05, 0) is 18.6 Å². The van der Waals surface area contributed by atoms with Gasteiger partial charge in [0.25, 0.3) is 0 Å². The molecule has 0 N–H and O–H groups in total. The number of methoxy groups -OCH3 is 1. The Kier molecular flexibility index (Phi) is 4.17. The van der Waals surface area contributed by atoms with Gasteiger partial charge in [0.15, 0.2) is 5.13 Å². The first-order valence-corrected chi connectivity index (χ1v) is 8.72. The Hall–Kier alpha value is -2.41. The summed E-state index contributed by atoms with van der Waals surface area (Å²) in [5.41, 5.74) is 0.994. The Morgan fingerprint density at radius 1 is 1.33 bits per heavy atom. The first-order valence-electron chi connectivity index (χ1n) is 7.90. The highest BCUT2D eigenvalue weighted by molar-refractivity contribution is 7.22. The number of thiazole rings is 1. The zero-order valence-corrected chi connectivity index (χ0v) is 14.2. The van der Waals surface area contributed by atoms with Crippen LogP contribution in [0.5, 0.6) is 11.6 Å². The highest BCUT2D eigenvalue weighted by Gasteiger charge is 2.25. The summed E-state index contributed by atoms with van der Waals surface area (Å²) in [6, 6.07) is 6.03. The molecular formula is C17H18N4O2S. The van der Waals surface area contributed by atoms with Crippen LogP contribution in [0.2, 0.25) is 0 Å². The Labute approximate surface area is 144 Å². The monoisotopic (exact) mass is 342 g/mol. The van der Waals surface area contributed by atoms with Crippen LogP contribution in [0.1, 0.15) is 6.42 Å². The summed E-state index contributed by atoms with van der Waals surface area (Å²) < 4.78 is 12.2. The number of fused-ring (bicyclic) bond motifs is 1. The van der Waals surface area contributed by atoms with E-state index < -0.39 is 0 Å². The van der Waals surface area contributed by atoms with Crippen LogP contribution in [-0.2, 0) is 0 Å². The van der Waals surface area contributed by atoms with Crippen LogP contribution in [0, 0.1) is 5.92 Å². The van der Waals surface area contributed by atoms with Gasteiger partial charge in [0.05, 0.1) is 30.1 Å². The molecule has 1 unspecified atom stereocenters. The van der Waals surface area contributed by atoms with Gasteiger partial charge in [-0.1, -0.05) is 11.3 Å². The van der Waals surface area contributed by atoms with Gasteiger partial charge >= 0.3 is 0 Å². The number of rotatable bonds is 5. The molecule has 4 rings (SSSR count). The van der Waals surface area contributed by atoms with Gasteiger partial charge in [0.1, 0.15) is 5.75 Å². The Balaban J connectivity index is 1.41. The van der Waals surface area contributed by atoms with Gasteiger partial charge in [-0.25, -0.2) is 9.97 Å². The van der Waals surface area contributed by atoms with Crippen LogP contribution in [0.15, 0.2) is 36.8 Å². The number of nitrogens with zero attached hydrogens (tertiary/aromatic N) is 4. The van der Waals surface area contributed by atoms with E-state index in [9.17, 15) is 0 Å². The minimum atomic E-state index is 0.480. The molecule has 24 heavy (non-hydrogen) atoms. The zero-order chi connectivity index (χ0) is 16.4. The van der Waals surface area contributed by atoms with Gasteiger partial charge in [-0.15, -0.1) is 0 Å². The lowest BCUT2D eigenvalue weighted by molar-refractivity contribution is 0.251. The third-order valence-corrected chi connectivity index (χ3v) is 5.24. The van der Waals surface area contributed by atoms with Crippen molar-refractivity contribution < 1.29 is 9.47 Å². The molecule has 1 fully saturated rings. The van der Waals surface area contributed by atoms with E-state index in [-0.39, 0.29) is 0 Å². The lowest BCUT2D eigenvalue weighted by atomic mass is 10.1. The number of hydrogen-bond acceptors (Lipinski definition) is 7. The van der Waals surface area contributed by atoms with Gasteiger partial charge < -0.3 is 14.4 Å². The molecule has 124 valence electrons. The second-order valence-electron chi connectivity index (χ2n) is 5.79. The largest absolute Gasteiger partial charge is 0.497 e. The molecule has 0 amide bonds. The number of benzene rings is 1. The van der Waals surface area contributed by atoms with E-state index in [2.05, 4.69) is 20.9 Å². The van der Waals surface area contributed by atoms with Gasteiger partial charge in [0, 0.05) is 37.5 Å². The van der Waals surface area contributed by atoms with E-state index in [1.807, 2.05) is 12.1 Å². The molecule has 3 aromatic rings. The van der Waals surface area contributed by atoms with Crippen molar-refractivity contribution in [2.45, 2.75) is 6.42 Å². The van der Waals surface area contributed by atoms with Crippen LogP contribution in [-0.4, -0.2) is 41.8 Å². The lowest BCUT2D eigenvalue weighted by Crippen LogP contribution is -2.21. The molecule has 0 saturated carbocycles. The summed E-state index contributed by atoms with van der Waals surface area (Å²) in [4.78, 5) is 15.2. The van der Waals surface area contributed by atoms with Crippen molar-refractivity contribution in [3.05, 3.63) is 36.8 Å². The standard InChI is InChI=1S/C17H18N4O2S/c1-22-13-2-3-15-14(8-13)20-17(24-15)21-7-4-12(10-21)11-23-16-9-18-5-6-19-16/h2-3,5-6,8-9,12H,4,7,10-11H2,1H3. The molecular weight excluding hydrogens is 324 g/mol. The average Bonchev–Trinajstić information content (AvgIpc) is 3.26. The van der Waals surface area contributed by atoms with Crippen molar-refractivity contribution in [1.29, 1.82) is 0 Å². The minimum Gasteiger partial charge on any atom is -0.497 e. The van der Waals surface area contributed by atoms with E-state index in [1.165, 1.54) is 4.70 Å². The van der Waals surface area contributed by atoms with Crippen molar-refractivity contribution >= 4 is 26.7 Å². The predicted molar refractivity (Wildman–Crippen MR) is 94.0 cm³/mol. The second kappa shape index (κ2) is 6.60. The summed E-state index contributed by atoms with van der Waals surface area (Å²) in [7, 11) is 1.68. The molecule has 7 heteroatoms. The normalized spacial score (nSPS) is 17.4. The van der Waals surface area contributed by atoms with Crippen LogP contribution in [0.25, 0.3) is 10.2 Å². The molecule has 1 aliphatic heterocycles. The molecule has 1 saturated heterocycles. The number of anilines is 1. The highest BCUT2D eigenvalue weighted by atomic mass is 32.1. The molecule has 1 atom stereocenters. The maximum Gasteiger partial charge on any atom is 0.232 e. The summed E-state index contributed by atoms with van der Waals surface area (Å²) in [6.45, 7) is 2.62. The SMILES string of the molecule is COc1ccc2sc(N3CCC(COc4cnccn4)C3)nc2c1. The fourth-order valence-corrected chi connectivity index (χ4v) is 3.84. The number of aromatic nitrogens is 3. The molecule has 1 aliphatic rings. The fraction of sp³-hybridized carbons (Fsp3) is 0.353. The quantitative estimate of drug-likeness (QED) is 0.710. The van der Waals surface area contributed by atoms with Gasteiger partial charge in [-0.2, -0.15) is 0 Å². The maximum absolute atomic E-state index is 5.73. The Morgan fingerprint density at radius 3 is 3.12 bits per heavy atom. The van der Waals surface area contributed by atoms with Crippen LogP contribution < -0.4 is 14.4 Å². The first-order chi connectivity index (χ1) is 11.8. The van der Waals surface area contributed by atoms with E-state index in [1.54, 1.807) is 37.0 Å². The van der Waals surface area contributed by atoms with Gasteiger partial charge in [-0.3, -0.25) is 4.98 Å². The lowest BCUT2D eigenvalue weighted by Gasteiger charge is -2.15. The molecule has 3 heterocycles. The summed E-state index contributed by atoms with van der Waals surface area (Å²) in [5.74, 6) is 1.91. The molecule has 0 spiro atoms.